The number of nitrogens with zero attached hydrogens (tertiary/aromatic N) is 3. The summed E-state index contributed by atoms with van der Waals surface area (Å²) in [4.78, 5) is 21.4. The molecule has 0 unspecified atom stereocenters. The Balaban J connectivity index is 1.88. The third kappa shape index (κ3) is 3.16. The molecule has 0 amide bonds. The fourth-order valence-corrected chi connectivity index (χ4v) is 4.46. The Bertz CT molecular complexity index is 1040. The van der Waals surface area contributed by atoms with Gasteiger partial charge in [0.25, 0.3) is 0 Å². The van der Waals surface area contributed by atoms with Crippen molar-refractivity contribution in [1.29, 1.82) is 0 Å². The largest absolute Gasteiger partial charge is 0.469 e. The monoisotopic (exact) mass is 427 g/mol. The second-order valence-electron chi connectivity index (χ2n) is 7.00. The Morgan fingerprint density at radius 3 is 2.89 bits per heavy atom. The Labute approximate surface area is 166 Å². The molecule has 1 aliphatic rings. The van der Waals surface area contributed by atoms with Crippen molar-refractivity contribution >= 4 is 33.1 Å². The second kappa shape index (κ2) is 7.08. The first-order valence-electron chi connectivity index (χ1n) is 9.24. The zero-order valence-electron chi connectivity index (χ0n) is 15.8. The SMILES string of the molecule is CCc1nc2c(C)cc(CC(=O)OC)nc2n1[C@H]1CCc2cc(Br)ccc21. The van der Waals surface area contributed by atoms with Crippen LogP contribution in [0.5, 0.6) is 0 Å². The standard InChI is InChI=1S/C21H22BrN3O2/c1-4-18-24-20-12(2)9-15(11-19(26)27-3)23-21(20)25(18)17-8-5-13-10-14(22)6-7-16(13)17/h6-7,9-10,17H,4-5,8,11H2,1-3H3/t17-/m0/s1. The zero-order chi connectivity index (χ0) is 19.1. The molecule has 0 spiro atoms. The summed E-state index contributed by atoms with van der Waals surface area (Å²) < 4.78 is 8.21. The van der Waals surface area contributed by atoms with E-state index in [-0.39, 0.29) is 18.4 Å². The number of carbonyl (C=O) groups excluding carboxylic acids is 1. The molecule has 2 heterocycles. The Hall–Kier alpha value is -2.21. The van der Waals surface area contributed by atoms with Crippen molar-refractivity contribution in [2.45, 2.75) is 45.6 Å². The number of rotatable bonds is 4. The number of benzene rings is 1. The topological polar surface area (TPSA) is 57.0 Å². The average molecular weight is 428 g/mol. The molecule has 4 rings (SSSR count). The van der Waals surface area contributed by atoms with Crippen LogP contribution in [0.3, 0.4) is 0 Å². The third-order valence-electron chi connectivity index (χ3n) is 5.30. The van der Waals surface area contributed by atoms with Gasteiger partial charge in [-0.25, -0.2) is 9.97 Å². The van der Waals surface area contributed by atoms with Gasteiger partial charge in [0.15, 0.2) is 5.65 Å². The van der Waals surface area contributed by atoms with Gasteiger partial charge >= 0.3 is 5.97 Å². The summed E-state index contributed by atoms with van der Waals surface area (Å²) in [5, 5.41) is 0. The van der Waals surface area contributed by atoms with Gasteiger partial charge < -0.3 is 9.30 Å². The van der Waals surface area contributed by atoms with Crippen molar-refractivity contribution in [1.82, 2.24) is 14.5 Å². The number of aryl methyl sites for hydroxylation is 3. The summed E-state index contributed by atoms with van der Waals surface area (Å²) in [6, 6.07) is 8.68. The maximum Gasteiger partial charge on any atom is 0.311 e. The Kier molecular flexibility index (Phi) is 4.76. The van der Waals surface area contributed by atoms with Crippen LogP contribution in [0.1, 0.15) is 47.6 Å². The number of halogens is 1. The zero-order valence-corrected chi connectivity index (χ0v) is 17.3. The van der Waals surface area contributed by atoms with E-state index in [4.69, 9.17) is 14.7 Å². The molecule has 0 saturated carbocycles. The molecule has 1 aliphatic carbocycles. The lowest BCUT2D eigenvalue weighted by atomic mass is 10.1. The first kappa shape index (κ1) is 18.2. The van der Waals surface area contributed by atoms with Gasteiger partial charge in [0.2, 0.25) is 0 Å². The summed E-state index contributed by atoms with van der Waals surface area (Å²) >= 11 is 3.57. The molecular weight excluding hydrogens is 406 g/mol. The molecule has 0 N–H and O–H groups in total. The highest BCUT2D eigenvalue weighted by Crippen LogP contribution is 2.38. The molecule has 140 valence electrons. The van der Waals surface area contributed by atoms with E-state index in [0.717, 1.165) is 52.0 Å². The number of carbonyl (C=O) groups is 1. The van der Waals surface area contributed by atoms with Crippen LogP contribution in [0.2, 0.25) is 0 Å². The van der Waals surface area contributed by atoms with E-state index in [2.05, 4.69) is 45.6 Å². The van der Waals surface area contributed by atoms with Crippen molar-refractivity contribution in [3.05, 3.63) is 56.9 Å². The predicted octanol–water partition coefficient (Wildman–Crippen LogP) is 4.32. The van der Waals surface area contributed by atoms with Gasteiger partial charge in [-0.05, 0) is 54.7 Å². The molecule has 2 aromatic heterocycles. The number of hydrogen-bond acceptors (Lipinski definition) is 4. The number of imidazole rings is 1. The van der Waals surface area contributed by atoms with Crippen LogP contribution in [0.15, 0.2) is 28.7 Å². The van der Waals surface area contributed by atoms with Gasteiger partial charge in [-0.3, -0.25) is 4.79 Å². The van der Waals surface area contributed by atoms with Gasteiger partial charge in [-0.1, -0.05) is 28.9 Å². The molecule has 0 bridgehead atoms. The number of esters is 1. The third-order valence-corrected chi connectivity index (χ3v) is 5.79. The number of aromatic nitrogens is 3. The first-order chi connectivity index (χ1) is 13.0. The van der Waals surface area contributed by atoms with Crippen LogP contribution < -0.4 is 0 Å². The smallest absolute Gasteiger partial charge is 0.311 e. The highest BCUT2D eigenvalue weighted by Gasteiger charge is 2.28. The second-order valence-corrected chi connectivity index (χ2v) is 7.92. The van der Waals surface area contributed by atoms with Gasteiger partial charge in [0.05, 0.1) is 25.3 Å². The highest BCUT2D eigenvalue weighted by atomic mass is 79.9. The number of hydrogen-bond donors (Lipinski definition) is 0. The lowest BCUT2D eigenvalue weighted by Crippen LogP contribution is -2.13. The van der Waals surface area contributed by atoms with Crippen molar-refractivity contribution in [3.63, 3.8) is 0 Å². The predicted molar refractivity (Wildman–Crippen MR) is 108 cm³/mol. The summed E-state index contributed by atoms with van der Waals surface area (Å²) in [6.45, 7) is 4.15. The van der Waals surface area contributed by atoms with E-state index in [1.165, 1.54) is 18.2 Å². The number of methoxy groups -OCH3 is 1. The van der Waals surface area contributed by atoms with Crippen LogP contribution in [-0.2, 0) is 28.8 Å². The molecule has 0 radical (unpaired) electrons. The van der Waals surface area contributed by atoms with Gasteiger partial charge in [-0.2, -0.15) is 0 Å². The molecule has 0 aliphatic heterocycles. The summed E-state index contributed by atoms with van der Waals surface area (Å²) in [7, 11) is 1.40. The van der Waals surface area contributed by atoms with Gasteiger partial charge in [-0.15, -0.1) is 0 Å². The lowest BCUT2D eigenvalue weighted by Gasteiger charge is -2.17. The van der Waals surface area contributed by atoms with Crippen molar-refractivity contribution in [3.8, 4) is 0 Å². The van der Waals surface area contributed by atoms with E-state index >= 15 is 0 Å². The van der Waals surface area contributed by atoms with E-state index in [1.807, 2.05) is 13.0 Å². The molecule has 27 heavy (non-hydrogen) atoms. The lowest BCUT2D eigenvalue weighted by molar-refractivity contribution is -0.139. The minimum atomic E-state index is -0.279. The van der Waals surface area contributed by atoms with Crippen molar-refractivity contribution in [2.75, 3.05) is 7.11 Å². The molecule has 1 aromatic carbocycles. The Morgan fingerprint density at radius 2 is 2.15 bits per heavy atom. The molecule has 3 aromatic rings. The molecule has 0 saturated heterocycles. The summed E-state index contributed by atoms with van der Waals surface area (Å²) in [6.07, 6.45) is 3.09. The molecule has 1 atom stereocenters. The highest BCUT2D eigenvalue weighted by molar-refractivity contribution is 9.10. The molecule has 6 heteroatoms. The fraction of sp³-hybridized carbons (Fsp3) is 0.381. The molecule has 0 fully saturated rings. The maximum atomic E-state index is 11.7. The van der Waals surface area contributed by atoms with E-state index in [9.17, 15) is 4.79 Å². The minimum Gasteiger partial charge on any atom is -0.469 e. The summed E-state index contributed by atoms with van der Waals surface area (Å²) in [5.74, 6) is 0.760. The normalized spacial score (nSPS) is 15.9. The number of pyridine rings is 1. The molecule has 5 nitrogen and oxygen atoms in total. The minimum absolute atomic E-state index is 0.175. The fourth-order valence-electron chi connectivity index (χ4n) is 4.05. The van der Waals surface area contributed by atoms with Crippen LogP contribution in [0.4, 0.5) is 0 Å². The van der Waals surface area contributed by atoms with Crippen LogP contribution in [-0.4, -0.2) is 27.6 Å². The number of fused-ring (bicyclic) bond motifs is 2. The van der Waals surface area contributed by atoms with E-state index in [0.29, 0.717) is 0 Å². The van der Waals surface area contributed by atoms with Crippen molar-refractivity contribution < 1.29 is 9.53 Å². The summed E-state index contributed by atoms with van der Waals surface area (Å²) in [5.41, 5.74) is 6.27. The van der Waals surface area contributed by atoms with Crippen LogP contribution >= 0.6 is 15.9 Å². The Morgan fingerprint density at radius 1 is 1.33 bits per heavy atom. The average Bonchev–Trinajstić information content (AvgIpc) is 3.21. The quantitative estimate of drug-likeness (QED) is 0.581. The van der Waals surface area contributed by atoms with Crippen LogP contribution in [0, 0.1) is 6.92 Å². The molecular formula is C21H22BrN3O2. The first-order valence-corrected chi connectivity index (χ1v) is 10.0. The van der Waals surface area contributed by atoms with Gasteiger partial charge in [0.1, 0.15) is 11.3 Å². The van der Waals surface area contributed by atoms with Crippen molar-refractivity contribution in [2.24, 2.45) is 0 Å². The van der Waals surface area contributed by atoms with Crippen LogP contribution in [0.25, 0.3) is 11.2 Å². The number of ether oxygens (including phenoxy) is 1. The van der Waals surface area contributed by atoms with Gasteiger partial charge in [0, 0.05) is 10.9 Å². The van der Waals surface area contributed by atoms with E-state index in [1.54, 1.807) is 0 Å². The maximum absolute atomic E-state index is 11.7. The van der Waals surface area contributed by atoms with E-state index < -0.39 is 0 Å².